The molecule has 0 spiro atoms. The molecule has 196 valence electrons. The summed E-state index contributed by atoms with van der Waals surface area (Å²) in [6.07, 6.45) is 12.5. The normalized spacial score (nSPS) is 20.3. The number of aryl methyl sites for hydroxylation is 3. The highest BCUT2D eigenvalue weighted by Gasteiger charge is 2.28. The molecule has 0 aliphatic carbocycles. The first-order valence-corrected chi connectivity index (χ1v) is 13.4. The number of aromatic nitrogens is 6. The van der Waals surface area contributed by atoms with E-state index in [4.69, 9.17) is 4.74 Å². The van der Waals surface area contributed by atoms with Gasteiger partial charge in [-0.25, -0.2) is 4.68 Å². The molecular formula is C27H41N7O2. The van der Waals surface area contributed by atoms with Crippen molar-refractivity contribution in [2.45, 2.75) is 96.6 Å². The Labute approximate surface area is 214 Å². The lowest BCUT2D eigenvalue weighted by atomic mass is 10.0. The summed E-state index contributed by atoms with van der Waals surface area (Å²) in [5.74, 6) is 0. The predicted molar refractivity (Wildman–Crippen MR) is 139 cm³/mol. The number of aliphatic hydroxyl groups is 1. The summed E-state index contributed by atoms with van der Waals surface area (Å²) in [6.45, 7) is 5.99. The van der Waals surface area contributed by atoms with E-state index in [1.807, 2.05) is 22.5 Å². The minimum absolute atomic E-state index is 0.0947. The smallest absolute Gasteiger partial charge is 0.156 e. The maximum atomic E-state index is 9.87. The maximum absolute atomic E-state index is 9.87. The monoisotopic (exact) mass is 495 g/mol. The molecule has 0 saturated carbocycles. The second-order valence-electron chi connectivity index (χ2n) is 10.1. The average Bonchev–Trinajstić information content (AvgIpc) is 3.53. The fourth-order valence-electron chi connectivity index (χ4n) is 4.80. The van der Waals surface area contributed by atoms with Crippen molar-refractivity contribution in [1.29, 1.82) is 0 Å². The molecule has 1 N–H and O–H groups in total. The summed E-state index contributed by atoms with van der Waals surface area (Å²) in [5.41, 5.74) is 4.46. The first kappa shape index (κ1) is 26.4. The minimum Gasteiger partial charge on any atom is -0.368 e. The molecule has 9 nitrogen and oxygen atoms in total. The van der Waals surface area contributed by atoms with E-state index in [0.29, 0.717) is 12.5 Å². The quantitative estimate of drug-likeness (QED) is 0.362. The van der Waals surface area contributed by atoms with Crippen LogP contribution in [0.4, 0.5) is 0 Å². The van der Waals surface area contributed by atoms with Gasteiger partial charge in [0.25, 0.3) is 0 Å². The van der Waals surface area contributed by atoms with Gasteiger partial charge < -0.3 is 14.7 Å². The number of hydrogen-bond acceptors (Lipinski definition) is 7. The van der Waals surface area contributed by atoms with Crippen LogP contribution in [0.3, 0.4) is 0 Å². The maximum Gasteiger partial charge on any atom is 0.156 e. The number of unbranched alkanes of at least 4 members (excludes halogenated alkanes) is 2. The number of aliphatic hydroxyl groups excluding tert-OH is 1. The first-order chi connectivity index (χ1) is 17.5. The van der Waals surface area contributed by atoms with Gasteiger partial charge in [-0.15, -0.1) is 10.2 Å². The van der Waals surface area contributed by atoms with Crippen LogP contribution in [0.15, 0.2) is 36.7 Å². The van der Waals surface area contributed by atoms with E-state index < -0.39 is 6.29 Å². The molecule has 0 unspecified atom stereocenters. The highest BCUT2D eigenvalue weighted by atomic mass is 16.6. The Morgan fingerprint density at radius 1 is 0.972 bits per heavy atom. The second kappa shape index (κ2) is 13.1. The molecule has 1 aliphatic heterocycles. The van der Waals surface area contributed by atoms with Gasteiger partial charge in [0.05, 0.1) is 29.4 Å². The summed E-state index contributed by atoms with van der Waals surface area (Å²) < 4.78 is 9.26. The van der Waals surface area contributed by atoms with Gasteiger partial charge in [-0.2, -0.15) is 0 Å². The highest BCUT2D eigenvalue weighted by Crippen LogP contribution is 2.22. The van der Waals surface area contributed by atoms with Gasteiger partial charge in [0.2, 0.25) is 0 Å². The number of likely N-dealkylation sites (N-methyl/N-ethyl adjacent to an activating group) is 1. The second-order valence-corrected chi connectivity index (χ2v) is 10.1. The van der Waals surface area contributed by atoms with Gasteiger partial charge in [0.15, 0.2) is 6.29 Å². The Bertz CT molecular complexity index is 1040. The Hall–Kier alpha value is -2.62. The topological polar surface area (TPSA) is 94.1 Å². The van der Waals surface area contributed by atoms with Crippen LogP contribution >= 0.6 is 0 Å². The molecule has 1 saturated heterocycles. The molecule has 0 amide bonds. The van der Waals surface area contributed by atoms with Gasteiger partial charge >= 0.3 is 0 Å². The summed E-state index contributed by atoms with van der Waals surface area (Å²) in [7, 11) is 2.11. The molecule has 0 bridgehead atoms. The summed E-state index contributed by atoms with van der Waals surface area (Å²) >= 11 is 0. The van der Waals surface area contributed by atoms with E-state index in [-0.39, 0.29) is 6.10 Å². The van der Waals surface area contributed by atoms with Gasteiger partial charge in [0.1, 0.15) is 0 Å². The molecule has 9 heteroatoms. The highest BCUT2D eigenvalue weighted by molar-refractivity contribution is 5.33. The molecular weight excluding hydrogens is 454 g/mol. The van der Waals surface area contributed by atoms with Crippen LogP contribution in [-0.4, -0.2) is 72.0 Å². The standard InChI is InChI=1S/C27H41N7O2/c1-4-5-9-23-20-34(31-29-23)25-12-10-22(11-13-25)8-6-7-15-33-19-24(28-30-33)14-16-32(3)26-17-21(2)36-27(35)18-26/h10-13,19-21,26-27,35H,4-9,14-18H2,1-3H3/t21-,26+,27-/m1/s1. The SMILES string of the molecule is CCCCc1cn(-c2ccc(CCCCn3cc(CCN(C)[C@H]4C[C@@H](C)O[C@@H](O)C4)nn3)cc2)nn1. The Balaban J connectivity index is 1.15. The van der Waals surface area contributed by atoms with Crippen molar-refractivity contribution < 1.29 is 9.84 Å². The predicted octanol–water partition coefficient (Wildman–Crippen LogP) is 3.58. The molecule has 4 rings (SSSR count). The lowest BCUT2D eigenvalue weighted by molar-refractivity contribution is -0.173. The minimum atomic E-state index is -0.655. The lowest BCUT2D eigenvalue weighted by Gasteiger charge is -2.36. The number of nitrogens with zero attached hydrogens (tertiary/aromatic N) is 7. The van der Waals surface area contributed by atoms with Crippen LogP contribution in [0, 0.1) is 0 Å². The van der Waals surface area contributed by atoms with Crippen molar-refractivity contribution in [1.82, 2.24) is 34.9 Å². The van der Waals surface area contributed by atoms with Crippen molar-refractivity contribution in [2.24, 2.45) is 0 Å². The van der Waals surface area contributed by atoms with Crippen LogP contribution in [0.1, 0.15) is 69.3 Å². The third kappa shape index (κ3) is 7.69. The van der Waals surface area contributed by atoms with E-state index in [1.54, 1.807) is 0 Å². The van der Waals surface area contributed by atoms with Crippen molar-refractivity contribution in [2.75, 3.05) is 13.6 Å². The third-order valence-corrected chi connectivity index (χ3v) is 7.03. The van der Waals surface area contributed by atoms with Crippen LogP contribution in [0.2, 0.25) is 0 Å². The lowest BCUT2D eigenvalue weighted by Crippen LogP contribution is -2.43. The Kier molecular flexibility index (Phi) is 9.60. The molecule has 2 aromatic heterocycles. The summed E-state index contributed by atoms with van der Waals surface area (Å²) in [6, 6.07) is 8.95. The first-order valence-electron chi connectivity index (χ1n) is 13.4. The largest absolute Gasteiger partial charge is 0.368 e. The zero-order chi connectivity index (χ0) is 25.3. The van der Waals surface area contributed by atoms with Crippen LogP contribution in [0.25, 0.3) is 5.69 Å². The Morgan fingerprint density at radius 2 is 1.75 bits per heavy atom. The number of benzene rings is 1. The van der Waals surface area contributed by atoms with Gasteiger partial charge in [-0.1, -0.05) is 35.9 Å². The van der Waals surface area contributed by atoms with Crippen LogP contribution in [-0.2, 0) is 30.5 Å². The molecule has 0 radical (unpaired) electrons. The zero-order valence-corrected chi connectivity index (χ0v) is 22.0. The van der Waals surface area contributed by atoms with Crippen LogP contribution < -0.4 is 0 Å². The van der Waals surface area contributed by atoms with E-state index >= 15 is 0 Å². The third-order valence-electron chi connectivity index (χ3n) is 7.03. The number of rotatable bonds is 13. The summed E-state index contributed by atoms with van der Waals surface area (Å²) in [5, 5.41) is 27.1. The molecule has 36 heavy (non-hydrogen) atoms. The van der Waals surface area contributed by atoms with Gasteiger partial charge in [-0.3, -0.25) is 4.68 Å². The molecule has 3 aromatic rings. The molecule has 1 fully saturated rings. The molecule has 3 heterocycles. The zero-order valence-electron chi connectivity index (χ0n) is 22.0. The van der Waals surface area contributed by atoms with Crippen molar-refractivity contribution in [3.05, 3.63) is 53.6 Å². The number of hydrogen-bond donors (Lipinski definition) is 1. The summed E-state index contributed by atoms with van der Waals surface area (Å²) in [4.78, 5) is 2.31. The Morgan fingerprint density at radius 3 is 2.53 bits per heavy atom. The van der Waals surface area contributed by atoms with E-state index in [2.05, 4.69) is 70.0 Å². The van der Waals surface area contributed by atoms with Crippen LogP contribution in [0.5, 0.6) is 0 Å². The average molecular weight is 496 g/mol. The molecule has 1 aliphatic rings. The number of ether oxygens (including phenoxy) is 1. The molecule has 3 atom stereocenters. The van der Waals surface area contributed by atoms with Crippen molar-refractivity contribution in [3.8, 4) is 5.69 Å². The fourth-order valence-corrected chi connectivity index (χ4v) is 4.80. The van der Waals surface area contributed by atoms with E-state index in [9.17, 15) is 5.11 Å². The van der Waals surface area contributed by atoms with Gasteiger partial charge in [-0.05, 0) is 70.2 Å². The van der Waals surface area contributed by atoms with Crippen molar-refractivity contribution in [3.63, 3.8) is 0 Å². The van der Waals surface area contributed by atoms with Gasteiger partial charge in [0, 0.05) is 38.2 Å². The van der Waals surface area contributed by atoms with E-state index in [1.165, 1.54) is 12.0 Å². The fraction of sp³-hybridized carbons (Fsp3) is 0.630. The van der Waals surface area contributed by atoms with E-state index in [0.717, 1.165) is 75.1 Å². The van der Waals surface area contributed by atoms with Crippen molar-refractivity contribution >= 4 is 0 Å². The molecule has 1 aromatic carbocycles.